The third-order valence-corrected chi connectivity index (χ3v) is 6.63. The Bertz CT molecular complexity index is 866. The van der Waals surface area contributed by atoms with Crippen molar-refractivity contribution in [2.75, 3.05) is 26.4 Å². The summed E-state index contributed by atoms with van der Waals surface area (Å²) < 4.78 is 11.5. The second kappa shape index (κ2) is 10.0. The van der Waals surface area contributed by atoms with Crippen LogP contribution < -0.4 is 10.1 Å². The summed E-state index contributed by atoms with van der Waals surface area (Å²) in [6.45, 7) is 2.14. The van der Waals surface area contributed by atoms with Crippen LogP contribution >= 0.6 is 0 Å². The van der Waals surface area contributed by atoms with Gasteiger partial charge >= 0.3 is 0 Å². The zero-order chi connectivity index (χ0) is 22.7. The van der Waals surface area contributed by atoms with Gasteiger partial charge in [0.2, 0.25) is 11.8 Å². The van der Waals surface area contributed by atoms with Gasteiger partial charge < -0.3 is 29.9 Å². The zero-order valence-corrected chi connectivity index (χ0v) is 18.4. The Morgan fingerprint density at radius 3 is 2.72 bits per heavy atom. The summed E-state index contributed by atoms with van der Waals surface area (Å²) in [5.41, 5.74) is 1.30. The lowest BCUT2D eigenvalue weighted by Crippen LogP contribution is -2.58. The van der Waals surface area contributed by atoms with Crippen molar-refractivity contribution in [1.82, 2.24) is 10.2 Å². The molecule has 1 aromatic carbocycles. The van der Waals surface area contributed by atoms with Gasteiger partial charge in [0, 0.05) is 30.3 Å². The lowest BCUT2D eigenvalue weighted by Gasteiger charge is -2.43. The SMILES string of the molecule is CCOCC(=O)N(C1CCCC1)[C@@H]1C=C(C(=O)NCCO)[C@@H]2c3ccccc3O[C@@H]2[C@H]1O. The summed E-state index contributed by atoms with van der Waals surface area (Å²) >= 11 is 0. The molecule has 174 valence electrons. The summed E-state index contributed by atoms with van der Waals surface area (Å²) in [5, 5.41) is 23.3. The first kappa shape index (κ1) is 22.8. The van der Waals surface area contributed by atoms with Crippen LogP contribution in [-0.2, 0) is 14.3 Å². The van der Waals surface area contributed by atoms with E-state index < -0.39 is 24.2 Å². The van der Waals surface area contributed by atoms with E-state index in [1.54, 1.807) is 11.0 Å². The number of aliphatic hydroxyl groups is 2. The van der Waals surface area contributed by atoms with Gasteiger partial charge in [0.15, 0.2) is 0 Å². The Morgan fingerprint density at radius 1 is 1.25 bits per heavy atom. The highest BCUT2D eigenvalue weighted by Gasteiger charge is 2.51. The molecule has 8 heteroatoms. The number of para-hydroxylation sites is 1. The fourth-order valence-corrected chi connectivity index (χ4v) is 5.22. The molecule has 0 aromatic heterocycles. The monoisotopic (exact) mass is 444 g/mol. The molecule has 32 heavy (non-hydrogen) atoms. The summed E-state index contributed by atoms with van der Waals surface area (Å²) in [7, 11) is 0. The minimum absolute atomic E-state index is 0.0130. The molecule has 2 aliphatic carbocycles. The molecule has 0 saturated heterocycles. The Morgan fingerprint density at radius 2 is 2.00 bits per heavy atom. The molecule has 0 unspecified atom stereocenters. The lowest BCUT2D eigenvalue weighted by atomic mass is 9.77. The maximum absolute atomic E-state index is 13.2. The van der Waals surface area contributed by atoms with Crippen molar-refractivity contribution in [3.8, 4) is 5.75 Å². The fourth-order valence-electron chi connectivity index (χ4n) is 5.22. The van der Waals surface area contributed by atoms with E-state index >= 15 is 0 Å². The van der Waals surface area contributed by atoms with Crippen LogP contribution in [0.3, 0.4) is 0 Å². The number of hydrogen-bond acceptors (Lipinski definition) is 6. The van der Waals surface area contributed by atoms with Gasteiger partial charge in [-0.25, -0.2) is 0 Å². The second-order valence-corrected chi connectivity index (χ2v) is 8.56. The number of nitrogens with zero attached hydrogens (tertiary/aromatic N) is 1. The van der Waals surface area contributed by atoms with E-state index in [9.17, 15) is 19.8 Å². The molecular formula is C24H32N2O6. The standard InChI is InChI=1S/C24H32N2O6/c1-2-31-14-20(28)26(15-7-3-4-8-15)18-13-17(24(30)25-11-12-27)21-16-9-5-6-10-19(16)32-23(21)22(18)29/h5-6,9-10,13,15,18,21-23,27,29H,2-4,7-8,11-12,14H2,1H3,(H,25,30)/t18-,21+,22+,23+/m1/s1. The number of fused-ring (bicyclic) bond motifs is 3. The first-order valence-electron chi connectivity index (χ1n) is 11.5. The van der Waals surface area contributed by atoms with Crippen LogP contribution in [-0.4, -0.2) is 77.6 Å². The van der Waals surface area contributed by atoms with E-state index in [1.165, 1.54) is 0 Å². The van der Waals surface area contributed by atoms with Crippen LogP contribution in [0.2, 0.25) is 0 Å². The second-order valence-electron chi connectivity index (χ2n) is 8.56. The van der Waals surface area contributed by atoms with Gasteiger partial charge in [-0.1, -0.05) is 31.0 Å². The number of nitrogens with one attached hydrogen (secondary N) is 1. The largest absolute Gasteiger partial charge is 0.486 e. The molecule has 0 radical (unpaired) electrons. The Kier molecular flexibility index (Phi) is 7.13. The quantitative estimate of drug-likeness (QED) is 0.555. The van der Waals surface area contributed by atoms with Gasteiger partial charge in [0.1, 0.15) is 24.6 Å². The van der Waals surface area contributed by atoms with E-state index in [2.05, 4.69) is 5.32 Å². The van der Waals surface area contributed by atoms with Crippen molar-refractivity contribution >= 4 is 11.8 Å². The minimum Gasteiger partial charge on any atom is -0.486 e. The van der Waals surface area contributed by atoms with Crippen LogP contribution in [0.1, 0.15) is 44.1 Å². The third-order valence-electron chi connectivity index (χ3n) is 6.63. The highest BCUT2D eigenvalue weighted by Crippen LogP contribution is 2.47. The van der Waals surface area contributed by atoms with E-state index in [-0.39, 0.29) is 37.6 Å². The number of carbonyl (C=O) groups is 2. The molecule has 4 atom stereocenters. The van der Waals surface area contributed by atoms with Gasteiger partial charge in [-0.3, -0.25) is 9.59 Å². The number of hydrogen-bond donors (Lipinski definition) is 3. The van der Waals surface area contributed by atoms with Crippen molar-refractivity contribution in [3.63, 3.8) is 0 Å². The average molecular weight is 445 g/mol. The lowest BCUT2D eigenvalue weighted by molar-refractivity contribution is -0.145. The summed E-state index contributed by atoms with van der Waals surface area (Å²) in [5.74, 6) is -0.322. The highest BCUT2D eigenvalue weighted by molar-refractivity contribution is 5.96. The van der Waals surface area contributed by atoms with Crippen LogP contribution in [0.15, 0.2) is 35.9 Å². The van der Waals surface area contributed by atoms with E-state index in [1.807, 2.05) is 31.2 Å². The van der Waals surface area contributed by atoms with E-state index in [0.717, 1.165) is 31.2 Å². The molecule has 3 N–H and O–H groups in total. The van der Waals surface area contributed by atoms with Gasteiger partial charge in [-0.05, 0) is 31.9 Å². The topological polar surface area (TPSA) is 108 Å². The van der Waals surface area contributed by atoms with Gasteiger partial charge in [0.05, 0.1) is 18.6 Å². The van der Waals surface area contributed by atoms with Crippen molar-refractivity contribution in [3.05, 3.63) is 41.5 Å². The third kappa shape index (κ3) is 4.27. The molecule has 0 bridgehead atoms. The first-order chi connectivity index (χ1) is 15.6. The predicted molar refractivity (Wildman–Crippen MR) is 117 cm³/mol. The molecule has 1 fully saturated rings. The zero-order valence-electron chi connectivity index (χ0n) is 18.4. The van der Waals surface area contributed by atoms with E-state index in [0.29, 0.717) is 17.9 Å². The number of aliphatic hydroxyl groups excluding tert-OH is 2. The molecule has 8 nitrogen and oxygen atoms in total. The Hall–Kier alpha value is -2.42. The number of carbonyl (C=O) groups excluding carboxylic acids is 2. The summed E-state index contributed by atoms with van der Waals surface area (Å²) in [4.78, 5) is 28.0. The molecule has 1 aliphatic heterocycles. The van der Waals surface area contributed by atoms with Crippen molar-refractivity contribution < 1.29 is 29.3 Å². The van der Waals surface area contributed by atoms with Crippen molar-refractivity contribution in [1.29, 1.82) is 0 Å². The molecule has 1 heterocycles. The Balaban J connectivity index is 1.73. The van der Waals surface area contributed by atoms with Crippen LogP contribution in [0.25, 0.3) is 0 Å². The van der Waals surface area contributed by atoms with Crippen LogP contribution in [0, 0.1) is 0 Å². The fraction of sp³-hybridized carbons (Fsp3) is 0.583. The maximum atomic E-state index is 13.2. The molecule has 1 aromatic rings. The molecular weight excluding hydrogens is 412 g/mol. The summed E-state index contributed by atoms with van der Waals surface area (Å²) in [6.07, 6.45) is 3.81. The average Bonchev–Trinajstić information content (AvgIpc) is 3.46. The Labute approximate surface area is 188 Å². The normalized spacial score (nSPS) is 26.7. The first-order valence-corrected chi connectivity index (χ1v) is 11.5. The number of benzene rings is 1. The van der Waals surface area contributed by atoms with Crippen LogP contribution in [0.5, 0.6) is 5.75 Å². The molecule has 4 rings (SSSR count). The molecule has 0 spiro atoms. The van der Waals surface area contributed by atoms with E-state index in [4.69, 9.17) is 9.47 Å². The molecule has 1 saturated carbocycles. The minimum atomic E-state index is -0.993. The van der Waals surface area contributed by atoms with Crippen molar-refractivity contribution in [2.45, 2.75) is 62.8 Å². The van der Waals surface area contributed by atoms with Gasteiger partial charge in [-0.2, -0.15) is 0 Å². The number of ether oxygens (including phenoxy) is 2. The molecule has 2 amide bonds. The van der Waals surface area contributed by atoms with Gasteiger partial charge in [0.25, 0.3) is 0 Å². The maximum Gasteiger partial charge on any atom is 0.249 e. The number of amides is 2. The summed E-state index contributed by atoms with van der Waals surface area (Å²) in [6, 6.07) is 6.74. The predicted octanol–water partition coefficient (Wildman–Crippen LogP) is 1.12. The van der Waals surface area contributed by atoms with Crippen LogP contribution in [0.4, 0.5) is 0 Å². The molecule has 3 aliphatic rings. The van der Waals surface area contributed by atoms with Crippen molar-refractivity contribution in [2.24, 2.45) is 0 Å². The highest BCUT2D eigenvalue weighted by atomic mass is 16.5. The smallest absolute Gasteiger partial charge is 0.249 e. The van der Waals surface area contributed by atoms with Gasteiger partial charge in [-0.15, -0.1) is 0 Å². The number of rotatable bonds is 8.